The Hall–Kier alpha value is -1.72. The molecule has 1 aliphatic heterocycles. The second-order valence-corrected chi connectivity index (χ2v) is 6.33. The Morgan fingerprint density at radius 3 is 2.87 bits per heavy atom. The summed E-state index contributed by atoms with van der Waals surface area (Å²) in [5, 5.41) is 17.6. The summed E-state index contributed by atoms with van der Waals surface area (Å²) in [5.41, 5.74) is 2.46. The monoisotopic (exact) mass is 315 g/mol. The highest BCUT2D eigenvalue weighted by molar-refractivity contribution is 5.27. The first kappa shape index (κ1) is 16.1. The third-order valence-corrected chi connectivity index (χ3v) is 4.66. The van der Waals surface area contributed by atoms with Crippen molar-refractivity contribution in [3.05, 3.63) is 47.2 Å². The molecule has 2 heterocycles. The van der Waals surface area contributed by atoms with Gasteiger partial charge >= 0.3 is 0 Å². The number of nitrogens with zero attached hydrogens (tertiary/aromatic N) is 3. The highest BCUT2D eigenvalue weighted by atomic mass is 16.4. The number of hydrogen-bond donors (Lipinski definition) is 1. The van der Waals surface area contributed by atoms with Gasteiger partial charge in [-0.15, -0.1) is 10.2 Å². The lowest BCUT2D eigenvalue weighted by Gasteiger charge is -2.34. The van der Waals surface area contributed by atoms with E-state index in [9.17, 15) is 5.11 Å². The average Bonchev–Trinajstić information content (AvgIpc) is 2.99. The number of likely N-dealkylation sites (tertiary alicyclic amines) is 1. The maximum atomic E-state index is 9.22. The molecule has 5 heteroatoms. The molecule has 0 aliphatic carbocycles. The van der Waals surface area contributed by atoms with Crippen molar-refractivity contribution in [1.82, 2.24) is 15.1 Å². The molecular weight excluding hydrogens is 290 g/mol. The first-order chi connectivity index (χ1) is 11.3. The van der Waals surface area contributed by atoms with Gasteiger partial charge in [-0.2, -0.15) is 0 Å². The van der Waals surface area contributed by atoms with Crippen LogP contribution in [0, 0.1) is 6.92 Å². The lowest BCUT2D eigenvalue weighted by Crippen LogP contribution is -2.39. The maximum Gasteiger partial charge on any atom is 0.230 e. The van der Waals surface area contributed by atoms with E-state index in [1.54, 1.807) is 0 Å². The average molecular weight is 315 g/mol. The third-order valence-electron chi connectivity index (χ3n) is 4.66. The van der Waals surface area contributed by atoms with Gasteiger partial charge in [0.1, 0.15) is 0 Å². The van der Waals surface area contributed by atoms with E-state index in [1.807, 2.05) is 12.1 Å². The van der Waals surface area contributed by atoms with Crippen LogP contribution >= 0.6 is 0 Å². The standard InChI is InChI=1S/C18H25N3O2/c1-14-6-2-3-7-15(14)12-17-19-20-18(23-17)13-21-10-5-4-8-16(21)9-11-22/h2-3,6-7,16,22H,4-5,8-13H2,1H3. The second-order valence-electron chi connectivity index (χ2n) is 6.33. The smallest absolute Gasteiger partial charge is 0.230 e. The molecule has 3 rings (SSSR count). The van der Waals surface area contributed by atoms with E-state index >= 15 is 0 Å². The number of benzene rings is 1. The van der Waals surface area contributed by atoms with Crippen molar-refractivity contribution in [2.24, 2.45) is 0 Å². The predicted molar refractivity (Wildman–Crippen MR) is 88.0 cm³/mol. The highest BCUT2D eigenvalue weighted by Crippen LogP contribution is 2.22. The molecule has 0 amide bonds. The van der Waals surface area contributed by atoms with E-state index in [-0.39, 0.29) is 6.61 Å². The number of aromatic nitrogens is 2. The molecule has 23 heavy (non-hydrogen) atoms. The Morgan fingerprint density at radius 2 is 2.04 bits per heavy atom. The summed E-state index contributed by atoms with van der Waals surface area (Å²) in [7, 11) is 0. The molecule has 0 radical (unpaired) electrons. The van der Waals surface area contributed by atoms with Crippen molar-refractivity contribution in [3.8, 4) is 0 Å². The van der Waals surface area contributed by atoms with Crippen molar-refractivity contribution >= 4 is 0 Å². The molecule has 1 unspecified atom stereocenters. The molecule has 2 aromatic rings. The van der Waals surface area contributed by atoms with E-state index in [1.165, 1.54) is 24.0 Å². The largest absolute Gasteiger partial charge is 0.424 e. The Kier molecular flexibility index (Phi) is 5.41. The van der Waals surface area contributed by atoms with Gasteiger partial charge in [-0.05, 0) is 43.9 Å². The summed E-state index contributed by atoms with van der Waals surface area (Å²) in [4.78, 5) is 2.37. The van der Waals surface area contributed by atoms with Gasteiger partial charge in [0.15, 0.2) is 0 Å². The molecule has 0 bridgehead atoms. The summed E-state index contributed by atoms with van der Waals surface area (Å²) < 4.78 is 5.85. The Bertz CT molecular complexity index is 624. The maximum absolute atomic E-state index is 9.22. The van der Waals surface area contributed by atoms with Gasteiger partial charge in [-0.1, -0.05) is 30.7 Å². The lowest BCUT2D eigenvalue weighted by atomic mass is 10.00. The van der Waals surface area contributed by atoms with Crippen LogP contribution in [0.15, 0.2) is 28.7 Å². The molecule has 1 fully saturated rings. The zero-order chi connectivity index (χ0) is 16.1. The molecule has 0 saturated carbocycles. The number of aliphatic hydroxyl groups is 1. The lowest BCUT2D eigenvalue weighted by molar-refractivity contribution is 0.103. The summed E-state index contributed by atoms with van der Waals surface area (Å²) in [6, 6.07) is 8.70. The van der Waals surface area contributed by atoms with E-state index in [0.29, 0.717) is 30.8 Å². The van der Waals surface area contributed by atoms with Crippen LogP contribution in [0.2, 0.25) is 0 Å². The van der Waals surface area contributed by atoms with E-state index in [0.717, 1.165) is 19.4 Å². The van der Waals surface area contributed by atoms with Crippen LogP contribution < -0.4 is 0 Å². The molecular formula is C18H25N3O2. The topological polar surface area (TPSA) is 62.4 Å². The van der Waals surface area contributed by atoms with Gasteiger partial charge in [0, 0.05) is 12.6 Å². The fraction of sp³-hybridized carbons (Fsp3) is 0.556. The van der Waals surface area contributed by atoms with Crippen LogP contribution in [-0.4, -0.2) is 39.4 Å². The van der Waals surface area contributed by atoms with Crippen LogP contribution in [0.1, 0.15) is 48.6 Å². The van der Waals surface area contributed by atoms with Crippen molar-refractivity contribution in [2.45, 2.75) is 51.6 Å². The molecule has 5 nitrogen and oxygen atoms in total. The van der Waals surface area contributed by atoms with E-state index in [4.69, 9.17) is 4.42 Å². The van der Waals surface area contributed by atoms with Crippen LogP contribution in [-0.2, 0) is 13.0 Å². The summed E-state index contributed by atoms with van der Waals surface area (Å²) in [6.07, 6.45) is 5.09. The minimum absolute atomic E-state index is 0.240. The fourth-order valence-electron chi connectivity index (χ4n) is 3.31. The van der Waals surface area contributed by atoms with Gasteiger partial charge < -0.3 is 9.52 Å². The predicted octanol–water partition coefficient (Wildman–Crippen LogP) is 2.71. The molecule has 1 aromatic carbocycles. The molecule has 1 N–H and O–H groups in total. The van der Waals surface area contributed by atoms with Gasteiger partial charge in [0.05, 0.1) is 13.0 Å². The first-order valence-electron chi connectivity index (χ1n) is 8.47. The van der Waals surface area contributed by atoms with Gasteiger partial charge in [-0.3, -0.25) is 4.90 Å². The van der Waals surface area contributed by atoms with Crippen LogP contribution in [0.25, 0.3) is 0 Å². The number of aryl methyl sites for hydroxylation is 1. The molecule has 0 spiro atoms. The first-order valence-corrected chi connectivity index (χ1v) is 8.47. The number of rotatable bonds is 6. The van der Waals surface area contributed by atoms with Crippen molar-refractivity contribution in [3.63, 3.8) is 0 Å². The van der Waals surface area contributed by atoms with Gasteiger partial charge in [0.2, 0.25) is 11.8 Å². The van der Waals surface area contributed by atoms with Crippen molar-refractivity contribution in [2.75, 3.05) is 13.2 Å². The second kappa shape index (κ2) is 7.70. The molecule has 1 atom stereocenters. The van der Waals surface area contributed by atoms with Crippen LogP contribution in [0.4, 0.5) is 0 Å². The zero-order valence-electron chi connectivity index (χ0n) is 13.7. The quantitative estimate of drug-likeness (QED) is 0.888. The Labute approximate surface area is 137 Å². The summed E-state index contributed by atoms with van der Waals surface area (Å²) in [6.45, 7) is 4.06. The molecule has 1 aliphatic rings. The zero-order valence-corrected chi connectivity index (χ0v) is 13.7. The number of aliphatic hydroxyl groups excluding tert-OH is 1. The van der Waals surface area contributed by atoms with Crippen LogP contribution in [0.5, 0.6) is 0 Å². The van der Waals surface area contributed by atoms with Crippen molar-refractivity contribution in [1.29, 1.82) is 0 Å². The third kappa shape index (κ3) is 4.18. The summed E-state index contributed by atoms with van der Waals surface area (Å²) in [5.74, 6) is 1.35. The number of hydrogen-bond acceptors (Lipinski definition) is 5. The normalized spacial score (nSPS) is 19.1. The molecule has 1 aromatic heterocycles. The van der Waals surface area contributed by atoms with E-state index in [2.05, 4.69) is 34.2 Å². The molecule has 1 saturated heterocycles. The Balaban J connectivity index is 1.63. The minimum Gasteiger partial charge on any atom is -0.424 e. The van der Waals surface area contributed by atoms with Crippen molar-refractivity contribution < 1.29 is 9.52 Å². The van der Waals surface area contributed by atoms with E-state index < -0.39 is 0 Å². The van der Waals surface area contributed by atoms with Gasteiger partial charge in [-0.25, -0.2) is 0 Å². The van der Waals surface area contributed by atoms with Gasteiger partial charge in [0.25, 0.3) is 0 Å². The molecule has 124 valence electrons. The number of piperidine rings is 1. The minimum atomic E-state index is 0.240. The van der Waals surface area contributed by atoms with Crippen LogP contribution in [0.3, 0.4) is 0 Å². The fourth-order valence-corrected chi connectivity index (χ4v) is 3.31. The highest BCUT2D eigenvalue weighted by Gasteiger charge is 2.23. The SMILES string of the molecule is Cc1ccccc1Cc1nnc(CN2CCCCC2CCO)o1. The Morgan fingerprint density at radius 1 is 1.22 bits per heavy atom. The summed E-state index contributed by atoms with van der Waals surface area (Å²) >= 11 is 0.